The van der Waals surface area contributed by atoms with Crippen LogP contribution < -0.4 is 22.1 Å². The van der Waals surface area contributed by atoms with Gasteiger partial charge in [-0.1, -0.05) is 127 Å². The van der Waals surface area contributed by atoms with E-state index in [-0.39, 0.29) is 0 Å². The number of rotatable bonds is 35. The molecule has 0 aliphatic rings. The van der Waals surface area contributed by atoms with Gasteiger partial charge < -0.3 is 32.3 Å². The standard InChI is InChI=1S/2C18H32O2.C6H18N4/c2*1-2-3-4-5-6-7-8-9-10-11-12-13-14-15-16-17-18(19)20;7-1-3-9-5-6-10-4-2-8/h2*6-7,9-10H,2-5,8,11-17H2,1H3,(H,19,20);9-10H,1-8H2/b2*7-6-,10-9-;. The molecule has 0 saturated heterocycles. The molecule has 0 aromatic rings. The summed E-state index contributed by atoms with van der Waals surface area (Å²) in [5.41, 5.74) is 10.5. The molecule has 0 bridgehead atoms. The zero-order valence-electron chi connectivity index (χ0n) is 32.7. The summed E-state index contributed by atoms with van der Waals surface area (Å²) in [4.78, 5) is 20.6. The molecule has 0 unspecified atom stereocenters. The van der Waals surface area contributed by atoms with Crippen LogP contribution in [0.2, 0.25) is 0 Å². The van der Waals surface area contributed by atoms with Crippen molar-refractivity contribution in [1.29, 1.82) is 0 Å². The summed E-state index contributed by atoms with van der Waals surface area (Å²) in [5, 5.41) is 23.3. The van der Waals surface area contributed by atoms with Crippen LogP contribution in [0.25, 0.3) is 0 Å². The van der Waals surface area contributed by atoms with Gasteiger partial charge in [0.05, 0.1) is 0 Å². The van der Waals surface area contributed by atoms with Crippen LogP contribution in [0.4, 0.5) is 0 Å². The Hall–Kier alpha value is -2.26. The monoisotopic (exact) mass is 707 g/mol. The van der Waals surface area contributed by atoms with Crippen LogP contribution in [-0.4, -0.2) is 61.4 Å². The lowest BCUT2D eigenvalue weighted by atomic mass is 10.1. The van der Waals surface area contributed by atoms with E-state index in [2.05, 4.69) is 73.1 Å². The predicted octanol–water partition coefficient (Wildman–Crippen LogP) is 9.85. The third kappa shape index (κ3) is 61.0. The van der Waals surface area contributed by atoms with E-state index in [1.807, 2.05) is 0 Å². The number of carboxylic acids is 2. The van der Waals surface area contributed by atoms with Gasteiger partial charge in [-0.05, 0) is 77.0 Å². The number of nitrogens with one attached hydrogen (secondary N) is 2. The predicted molar refractivity (Wildman–Crippen MR) is 218 cm³/mol. The van der Waals surface area contributed by atoms with Crippen molar-refractivity contribution >= 4 is 11.9 Å². The molecule has 50 heavy (non-hydrogen) atoms. The third-order valence-corrected chi connectivity index (χ3v) is 7.80. The van der Waals surface area contributed by atoms with Crippen LogP contribution in [0.5, 0.6) is 0 Å². The van der Waals surface area contributed by atoms with Crippen LogP contribution in [0.15, 0.2) is 48.6 Å². The first-order chi connectivity index (χ1) is 24.5. The average Bonchev–Trinajstić information content (AvgIpc) is 3.10. The van der Waals surface area contributed by atoms with Crippen molar-refractivity contribution in [1.82, 2.24) is 10.6 Å². The van der Waals surface area contributed by atoms with E-state index in [1.54, 1.807) is 0 Å². The van der Waals surface area contributed by atoms with Gasteiger partial charge in [0, 0.05) is 52.1 Å². The Morgan fingerprint density at radius 3 is 1.04 bits per heavy atom. The van der Waals surface area contributed by atoms with E-state index in [4.69, 9.17) is 21.7 Å². The smallest absolute Gasteiger partial charge is 0.303 e. The number of carbonyl (C=O) groups is 2. The van der Waals surface area contributed by atoms with Crippen molar-refractivity contribution in [2.45, 2.75) is 168 Å². The number of nitrogens with two attached hydrogens (primary N) is 2. The van der Waals surface area contributed by atoms with Gasteiger partial charge >= 0.3 is 11.9 Å². The molecule has 294 valence electrons. The number of aliphatic carboxylic acids is 2. The largest absolute Gasteiger partial charge is 0.481 e. The van der Waals surface area contributed by atoms with Crippen molar-refractivity contribution in [3.8, 4) is 0 Å². The lowest BCUT2D eigenvalue weighted by Gasteiger charge is -2.03. The Kier molecular flexibility index (Phi) is 53.3. The molecule has 0 radical (unpaired) electrons. The zero-order chi connectivity index (χ0) is 37.4. The molecule has 8 N–H and O–H groups in total. The molecule has 0 saturated carbocycles. The zero-order valence-corrected chi connectivity index (χ0v) is 32.7. The molecule has 0 aliphatic carbocycles. The Labute approximate surface area is 309 Å². The molecule has 8 nitrogen and oxygen atoms in total. The highest BCUT2D eigenvalue weighted by Gasteiger charge is 1.97. The number of allylic oxidation sites excluding steroid dienone is 8. The van der Waals surface area contributed by atoms with Crippen LogP contribution in [0.1, 0.15) is 168 Å². The highest BCUT2D eigenvalue weighted by molar-refractivity contribution is 5.66. The fourth-order valence-electron chi connectivity index (χ4n) is 4.81. The molecule has 0 spiro atoms. The van der Waals surface area contributed by atoms with E-state index in [9.17, 15) is 9.59 Å². The Morgan fingerprint density at radius 2 is 0.740 bits per heavy atom. The molecule has 8 heteroatoms. The summed E-state index contributed by atoms with van der Waals surface area (Å²) in [5.74, 6) is -1.34. The molecular formula is C42H82N4O4. The average molecular weight is 707 g/mol. The van der Waals surface area contributed by atoms with Crippen molar-refractivity contribution < 1.29 is 19.8 Å². The second-order valence-corrected chi connectivity index (χ2v) is 12.8. The summed E-state index contributed by atoms with van der Waals surface area (Å²) in [6, 6.07) is 0. The summed E-state index contributed by atoms with van der Waals surface area (Å²) in [6.07, 6.45) is 44.6. The lowest BCUT2D eigenvalue weighted by Crippen LogP contribution is -2.32. The van der Waals surface area contributed by atoms with E-state index in [1.165, 1.54) is 89.9 Å². The fraction of sp³-hybridized carbons (Fsp3) is 0.762. The molecule has 0 aromatic heterocycles. The normalized spacial score (nSPS) is 11.4. The van der Waals surface area contributed by atoms with Gasteiger partial charge in [-0.2, -0.15) is 0 Å². The topological polar surface area (TPSA) is 151 Å². The first-order valence-corrected chi connectivity index (χ1v) is 20.3. The lowest BCUT2D eigenvalue weighted by molar-refractivity contribution is -0.138. The molecule has 0 rings (SSSR count). The second-order valence-electron chi connectivity index (χ2n) is 12.8. The van der Waals surface area contributed by atoms with Crippen LogP contribution in [0, 0.1) is 0 Å². The minimum atomic E-state index is -0.671. The molecule has 0 atom stereocenters. The first kappa shape index (κ1) is 52.1. The number of carboxylic acid groups (broad SMARTS) is 2. The number of hydrogen-bond acceptors (Lipinski definition) is 6. The SMILES string of the molecule is CCCCC/C=C\C/C=C\CCCCCCCC(=O)O.CCCCC/C=C\C/C=C\CCCCCCCC(=O)O.NCCNCCNCCN. The maximum Gasteiger partial charge on any atom is 0.303 e. The highest BCUT2D eigenvalue weighted by Crippen LogP contribution is 2.09. The first-order valence-electron chi connectivity index (χ1n) is 20.3. The van der Waals surface area contributed by atoms with Crippen molar-refractivity contribution in [3.05, 3.63) is 48.6 Å². The van der Waals surface area contributed by atoms with Crippen LogP contribution >= 0.6 is 0 Å². The van der Waals surface area contributed by atoms with Crippen LogP contribution in [-0.2, 0) is 9.59 Å². The molecule has 0 aromatic carbocycles. The van der Waals surface area contributed by atoms with Gasteiger partial charge in [0.2, 0.25) is 0 Å². The molecule has 0 fully saturated rings. The van der Waals surface area contributed by atoms with Gasteiger partial charge in [0.1, 0.15) is 0 Å². The minimum Gasteiger partial charge on any atom is -0.481 e. The number of hydrogen-bond donors (Lipinski definition) is 6. The van der Waals surface area contributed by atoms with Gasteiger partial charge in [-0.25, -0.2) is 0 Å². The van der Waals surface area contributed by atoms with E-state index in [0.717, 1.165) is 77.5 Å². The summed E-state index contributed by atoms with van der Waals surface area (Å²) in [6.45, 7) is 9.61. The summed E-state index contributed by atoms with van der Waals surface area (Å²) in [7, 11) is 0. The van der Waals surface area contributed by atoms with E-state index >= 15 is 0 Å². The maximum atomic E-state index is 10.3. The van der Waals surface area contributed by atoms with Crippen molar-refractivity contribution in [2.75, 3.05) is 39.3 Å². The minimum absolute atomic E-state index is 0.324. The summed E-state index contributed by atoms with van der Waals surface area (Å²) >= 11 is 0. The third-order valence-electron chi connectivity index (χ3n) is 7.80. The van der Waals surface area contributed by atoms with Gasteiger partial charge in [-0.3, -0.25) is 9.59 Å². The van der Waals surface area contributed by atoms with Gasteiger partial charge in [0.25, 0.3) is 0 Å². The number of unbranched alkanes of at least 4 members (excludes halogenated alkanes) is 16. The summed E-state index contributed by atoms with van der Waals surface area (Å²) < 4.78 is 0. The quantitative estimate of drug-likeness (QED) is 0.0282. The Bertz CT molecular complexity index is 720. The van der Waals surface area contributed by atoms with Crippen molar-refractivity contribution in [2.24, 2.45) is 11.5 Å². The van der Waals surface area contributed by atoms with Crippen molar-refractivity contribution in [3.63, 3.8) is 0 Å². The van der Waals surface area contributed by atoms with Gasteiger partial charge in [-0.15, -0.1) is 0 Å². The molecular weight excluding hydrogens is 624 g/mol. The van der Waals surface area contributed by atoms with E-state index in [0.29, 0.717) is 25.9 Å². The van der Waals surface area contributed by atoms with Gasteiger partial charge in [0.15, 0.2) is 0 Å². The molecule has 0 amide bonds. The Balaban J connectivity index is -0.000000701. The van der Waals surface area contributed by atoms with E-state index < -0.39 is 11.9 Å². The molecule has 0 aliphatic heterocycles. The Morgan fingerprint density at radius 1 is 0.440 bits per heavy atom. The molecule has 0 heterocycles. The maximum absolute atomic E-state index is 10.3. The fourth-order valence-corrected chi connectivity index (χ4v) is 4.81. The highest BCUT2D eigenvalue weighted by atomic mass is 16.4. The van der Waals surface area contributed by atoms with Crippen LogP contribution in [0.3, 0.4) is 0 Å². The second kappa shape index (κ2) is 51.1.